The van der Waals surface area contributed by atoms with Crippen molar-refractivity contribution in [2.24, 2.45) is 5.73 Å². The molecule has 0 bridgehead atoms. The Morgan fingerprint density at radius 1 is 1.31 bits per heavy atom. The molecule has 0 atom stereocenters. The number of hydrogen-bond donors (Lipinski definition) is 1. The lowest BCUT2D eigenvalue weighted by Crippen LogP contribution is -2.10. The monoisotopic (exact) mass is 235 g/mol. The minimum Gasteiger partial charge on any atom is -0.329 e. The summed E-state index contributed by atoms with van der Waals surface area (Å²) < 4.78 is 1.87. The van der Waals surface area contributed by atoms with Crippen LogP contribution in [0.25, 0.3) is 11.1 Å². The van der Waals surface area contributed by atoms with Crippen molar-refractivity contribution < 1.29 is 0 Å². The highest BCUT2D eigenvalue weighted by atomic mass is 35.5. The quantitative estimate of drug-likeness (QED) is 0.888. The number of nitrogens with zero attached hydrogens (tertiary/aromatic N) is 2. The predicted molar refractivity (Wildman–Crippen MR) is 66.5 cm³/mol. The Balaban J connectivity index is 2.36. The van der Waals surface area contributed by atoms with Gasteiger partial charge in [-0.2, -0.15) is 5.10 Å². The first kappa shape index (κ1) is 11.2. The average molecular weight is 236 g/mol. The fraction of sp³-hybridized carbons (Fsp3) is 0.250. The van der Waals surface area contributed by atoms with Gasteiger partial charge in [0.15, 0.2) is 0 Å². The van der Waals surface area contributed by atoms with Crippen LogP contribution in [0.5, 0.6) is 0 Å². The van der Waals surface area contributed by atoms with Gasteiger partial charge in [-0.1, -0.05) is 23.7 Å². The van der Waals surface area contributed by atoms with Crippen LogP contribution in [-0.2, 0) is 6.54 Å². The van der Waals surface area contributed by atoms with Crippen LogP contribution >= 0.6 is 11.6 Å². The minimum atomic E-state index is 0.598. The Morgan fingerprint density at radius 2 is 2.00 bits per heavy atom. The number of aromatic nitrogens is 2. The molecule has 3 nitrogen and oxygen atoms in total. The van der Waals surface area contributed by atoms with E-state index < -0.39 is 0 Å². The second-order valence-corrected chi connectivity index (χ2v) is 4.12. The van der Waals surface area contributed by atoms with Crippen molar-refractivity contribution in [3.63, 3.8) is 0 Å². The fourth-order valence-corrected chi connectivity index (χ4v) is 1.80. The van der Waals surface area contributed by atoms with E-state index in [1.807, 2.05) is 42.1 Å². The molecule has 4 heteroatoms. The van der Waals surface area contributed by atoms with E-state index in [1.54, 1.807) is 0 Å². The molecule has 2 rings (SSSR count). The number of rotatable bonds is 3. The molecular formula is C12H14ClN3. The lowest BCUT2D eigenvalue weighted by atomic mass is 10.1. The van der Waals surface area contributed by atoms with Gasteiger partial charge in [-0.15, -0.1) is 0 Å². The maximum Gasteiger partial charge on any atom is 0.0672 e. The van der Waals surface area contributed by atoms with Gasteiger partial charge in [0.1, 0.15) is 0 Å². The van der Waals surface area contributed by atoms with Crippen molar-refractivity contribution in [1.82, 2.24) is 9.78 Å². The van der Waals surface area contributed by atoms with Gasteiger partial charge in [-0.05, 0) is 24.6 Å². The van der Waals surface area contributed by atoms with E-state index in [0.717, 1.165) is 28.4 Å². The molecule has 84 valence electrons. The van der Waals surface area contributed by atoms with Crippen molar-refractivity contribution in [1.29, 1.82) is 0 Å². The first-order valence-corrected chi connectivity index (χ1v) is 5.58. The van der Waals surface area contributed by atoms with E-state index in [1.165, 1.54) is 0 Å². The van der Waals surface area contributed by atoms with Gasteiger partial charge < -0.3 is 5.73 Å². The molecule has 0 spiro atoms. The Morgan fingerprint density at radius 3 is 2.62 bits per heavy atom. The van der Waals surface area contributed by atoms with E-state index in [0.29, 0.717) is 6.54 Å². The molecule has 0 aliphatic rings. The number of aryl methyl sites for hydroxylation is 1. The molecule has 0 saturated heterocycles. The standard InChI is InChI=1S/C12H14ClN3/c1-9-12(8-16(15-9)7-6-14)10-2-4-11(13)5-3-10/h2-5,8H,6-7,14H2,1H3. The highest BCUT2D eigenvalue weighted by molar-refractivity contribution is 6.30. The number of benzene rings is 1. The van der Waals surface area contributed by atoms with Crippen molar-refractivity contribution in [2.45, 2.75) is 13.5 Å². The van der Waals surface area contributed by atoms with Crippen LogP contribution in [0, 0.1) is 6.92 Å². The van der Waals surface area contributed by atoms with Gasteiger partial charge in [0, 0.05) is 23.3 Å². The maximum absolute atomic E-state index is 5.86. The summed E-state index contributed by atoms with van der Waals surface area (Å²) in [5, 5.41) is 5.15. The van der Waals surface area contributed by atoms with Gasteiger partial charge in [-0.3, -0.25) is 4.68 Å². The third-order valence-corrected chi connectivity index (χ3v) is 2.71. The van der Waals surface area contributed by atoms with Crippen molar-refractivity contribution >= 4 is 11.6 Å². The summed E-state index contributed by atoms with van der Waals surface area (Å²) >= 11 is 5.86. The van der Waals surface area contributed by atoms with Gasteiger partial charge >= 0.3 is 0 Å². The Kier molecular flexibility index (Phi) is 3.27. The summed E-state index contributed by atoms with van der Waals surface area (Å²) in [7, 11) is 0. The van der Waals surface area contributed by atoms with E-state index in [-0.39, 0.29) is 0 Å². The van der Waals surface area contributed by atoms with E-state index in [4.69, 9.17) is 17.3 Å². The van der Waals surface area contributed by atoms with E-state index in [9.17, 15) is 0 Å². The molecule has 0 radical (unpaired) electrons. The molecule has 16 heavy (non-hydrogen) atoms. The third kappa shape index (κ3) is 2.26. The largest absolute Gasteiger partial charge is 0.329 e. The molecule has 0 saturated carbocycles. The normalized spacial score (nSPS) is 10.7. The molecule has 0 unspecified atom stereocenters. The van der Waals surface area contributed by atoms with Crippen LogP contribution in [0.2, 0.25) is 5.02 Å². The second-order valence-electron chi connectivity index (χ2n) is 3.69. The number of hydrogen-bond acceptors (Lipinski definition) is 2. The summed E-state index contributed by atoms with van der Waals surface area (Å²) in [6.07, 6.45) is 2.02. The Hall–Kier alpha value is -1.32. The second kappa shape index (κ2) is 4.68. The van der Waals surface area contributed by atoms with Crippen molar-refractivity contribution in [2.75, 3.05) is 6.54 Å². The third-order valence-electron chi connectivity index (χ3n) is 2.46. The summed E-state index contributed by atoms with van der Waals surface area (Å²) in [5.74, 6) is 0. The zero-order chi connectivity index (χ0) is 11.5. The molecule has 0 aliphatic carbocycles. The Bertz CT molecular complexity index is 474. The van der Waals surface area contributed by atoms with Crippen LogP contribution in [0.1, 0.15) is 5.69 Å². The SMILES string of the molecule is Cc1nn(CCN)cc1-c1ccc(Cl)cc1. The fourth-order valence-electron chi connectivity index (χ4n) is 1.68. The molecule has 0 aliphatic heterocycles. The average Bonchev–Trinajstić information content (AvgIpc) is 2.61. The highest BCUT2D eigenvalue weighted by Crippen LogP contribution is 2.23. The van der Waals surface area contributed by atoms with Gasteiger partial charge in [-0.25, -0.2) is 0 Å². The van der Waals surface area contributed by atoms with Gasteiger partial charge in [0.05, 0.1) is 12.2 Å². The summed E-state index contributed by atoms with van der Waals surface area (Å²) in [4.78, 5) is 0. The van der Waals surface area contributed by atoms with Crippen LogP contribution in [0.4, 0.5) is 0 Å². The first-order chi connectivity index (χ1) is 7.70. The highest BCUT2D eigenvalue weighted by Gasteiger charge is 2.06. The van der Waals surface area contributed by atoms with Crippen LogP contribution in [-0.4, -0.2) is 16.3 Å². The summed E-state index contributed by atoms with van der Waals surface area (Å²) in [6, 6.07) is 7.77. The molecule has 2 aromatic rings. The van der Waals surface area contributed by atoms with Crippen LogP contribution in [0.3, 0.4) is 0 Å². The zero-order valence-electron chi connectivity index (χ0n) is 9.15. The summed E-state index contributed by atoms with van der Waals surface area (Å²) in [5.41, 5.74) is 8.77. The molecule has 2 N–H and O–H groups in total. The van der Waals surface area contributed by atoms with E-state index >= 15 is 0 Å². The Labute approximate surface area is 99.8 Å². The van der Waals surface area contributed by atoms with Crippen molar-refractivity contribution in [3.8, 4) is 11.1 Å². The molecular weight excluding hydrogens is 222 g/mol. The summed E-state index contributed by atoms with van der Waals surface area (Å²) in [6.45, 7) is 3.34. The number of nitrogens with two attached hydrogens (primary N) is 1. The zero-order valence-corrected chi connectivity index (χ0v) is 9.91. The molecule has 0 amide bonds. The molecule has 1 aromatic heterocycles. The van der Waals surface area contributed by atoms with Crippen LogP contribution < -0.4 is 5.73 Å². The first-order valence-electron chi connectivity index (χ1n) is 5.21. The lowest BCUT2D eigenvalue weighted by molar-refractivity contribution is 0.620. The lowest BCUT2D eigenvalue weighted by Gasteiger charge is -1.98. The minimum absolute atomic E-state index is 0.598. The van der Waals surface area contributed by atoms with E-state index in [2.05, 4.69) is 5.10 Å². The molecule has 0 fully saturated rings. The predicted octanol–water partition coefficient (Wildman–Crippen LogP) is 2.47. The molecule has 1 aromatic carbocycles. The number of halogens is 1. The molecule has 1 heterocycles. The topological polar surface area (TPSA) is 43.8 Å². The maximum atomic E-state index is 5.86. The van der Waals surface area contributed by atoms with Gasteiger partial charge in [0.25, 0.3) is 0 Å². The van der Waals surface area contributed by atoms with Crippen molar-refractivity contribution in [3.05, 3.63) is 41.2 Å². The van der Waals surface area contributed by atoms with Crippen LogP contribution in [0.15, 0.2) is 30.5 Å². The van der Waals surface area contributed by atoms with Gasteiger partial charge in [0.2, 0.25) is 0 Å². The smallest absolute Gasteiger partial charge is 0.0672 e.